The molecule has 0 amide bonds. The maximum absolute atomic E-state index is 6.63. The molecule has 5 nitrogen and oxygen atoms in total. The van der Waals surface area contributed by atoms with E-state index >= 15 is 0 Å². The van der Waals surface area contributed by atoms with Crippen LogP contribution in [0.2, 0.25) is 0 Å². The summed E-state index contributed by atoms with van der Waals surface area (Å²) in [5.74, 6) is 1.93. The lowest BCUT2D eigenvalue weighted by atomic mass is 9.60. The van der Waals surface area contributed by atoms with E-state index in [-0.39, 0.29) is 0 Å². The fourth-order valence-corrected chi connectivity index (χ4v) is 8.45. The van der Waals surface area contributed by atoms with Crippen LogP contribution in [-0.2, 0) is 0 Å². The van der Waals surface area contributed by atoms with E-state index in [1.54, 1.807) is 0 Å². The summed E-state index contributed by atoms with van der Waals surface area (Å²) in [6.45, 7) is 0. The average Bonchev–Trinajstić information content (AvgIpc) is 3.78. The smallest absolute Gasteiger partial charge is 0.164 e. The average molecular weight is 700 g/mol. The highest BCUT2D eigenvalue weighted by Crippen LogP contribution is 2.43. The Morgan fingerprint density at radius 2 is 0.982 bits per heavy atom. The Bertz CT molecular complexity index is 3130. The van der Waals surface area contributed by atoms with Crippen molar-refractivity contribution in [2.45, 2.75) is 0 Å². The van der Waals surface area contributed by atoms with E-state index in [0.29, 0.717) is 17.5 Å². The Morgan fingerprint density at radius 3 is 1.71 bits per heavy atom. The van der Waals surface area contributed by atoms with Gasteiger partial charge in [0, 0.05) is 43.9 Å². The van der Waals surface area contributed by atoms with Crippen LogP contribution in [0.25, 0.3) is 94.7 Å². The molecule has 10 rings (SSSR count). The van der Waals surface area contributed by atoms with Gasteiger partial charge in [-0.15, -0.1) is 16.4 Å². The van der Waals surface area contributed by atoms with Crippen molar-refractivity contribution in [3.63, 3.8) is 0 Å². The number of furan rings is 1. The molecular weight excluding hydrogens is 667 g/mol. The highest BCUT2D eigenvalue weighted by Gasteiger charge is 2.23. The number of rotatable bonds is 5. The zero-order valence-corrected chi connectivity index (χ0v) is 31.5. The number of hydrogen-bond donors (Lipinski definition) is 0. The van der Waals surface area contributed by atoms with Crippen LogP contribution < -0.4 is 27.3 Å². The predicted molar refractivity (Wildman–Crippen MR) is 244 cm³/mol. The Kier molecular flexibility index (Phi) is 7.70. The van der Waals surface area contributed by atoms with Crippen LogP contribution in [0.4, 0.5) is 0 Å². The normalized spacial score (nSPS) is 11.6. The molecule has 254 valence electrons. The van der Waals surface area contributed by atoms with E-state index < -0.39 is 0 Å². The molecule has 0 aliphatic rings. The first-order valence-corrected chi connectivity index (χ1v) is 18.8. The molecule has 10 aromatic rings. The molecule has 3 aromatic heterocycles. The highest BCUT2D eigenvalue weighted by atomic mass is 16.3. The van der Waals surface area contributed by atoms with Gasteiger partial charge in [0.15, 0.2) is 17.5 Å². The standard InChI is InChI=1S/C45H33B5N4O/c46-38-37(39(47)41(49)42(50)40(38)48)45-52-43(24-11-3-1-4-12-24)51-44(53-45)29-17-10-20-34-36(29)35-27(16-9-19-33(35)55-34)25-21-22-32-30(23-25)28-15-7-8-18-31(28)54(32)26-13-5-2-6-14-26/h1-23H,46-50H2. The number of fused-ring (bicyclic) bond motifs is 6. The van der Waals surface area contributed by atoms with Gasteiger partial charge in [0.25, 0.3) is 0 Å². The van der Waals surface area contributed by atoms with Gasteiger partial charge in [0.2, 0.25) is 0 Å². The zero-order valence-electron chi connectivity index (χ0n) is 31.5. The van der Waals surface area contributed by atoms with E-state index in [4.69, 9.17) is 19.4 Å². The maximum atomic E-state index is 6.63. The second-order valence-corrected chi connectivity index (χ2v) is 14.6. The minimum atomic E-state index is 0.614. The van der Waals surface area contributed by atoms with Gasteiger partial charge < -0.3 is 8.98 Å². The number of benzene rings is 7. The molecule has 0 atom stereocenters. The molecule has 3 heterocycles. The van der Waals surface area contributed by atoms with E-state index in [0.717, 1.165) is 55.4 Å². The van der Waals surface area contributed by atoms with Crippen molar-refractivity contribution in [1.82, 2.24) is 19.5 Å². The third-order valence-corrected chi connectivity index (χ3v) is 11.7. The topological polar surface area (TPSA) is 56.7 Å². The molecular formula is C45H33B5N4O. The first-order chi connectivity index (χ1) is 26.9. The largest absolute Gasteiger partial charge is 0.456 e. The van der Waals surface area contributed by atoms with Gasteiger partial charge in [-0.2, -0.15) is 0 Å². The second kappa shape index (κ2) is 12.8. The van der Waals surface area contributed by atoms with Crippen LogP contribution in [0.3, 0.4) is 0 Å². The molecule has 0 spiro atoms. The third kappa shape index (κ3) is 5.19. The molecule has 0 bridgehead atoms. The summed E-state index contributed by atoms with van der Waals surface area (Å²) in [7, 11) is 10.9. The van der Waals surface area contributed by atoms with Gasteiger partial charge in [0.05, 0.1) is 11.0 Å². The van der Waals surface area contributed by atoms with E-state index in [1.807, 2.05) is 30.3 Å². The van der Waals surface area contributed by atoms with Crippen molar-refractivity contribution in [3.05, 3.63) is 140 Å². The molecule has 0 radical (unpaired) electrons. The van der Waals surface area contributed by atoms with E-state index in [1.165, 1.54) is 49.1 Å². The Morgan fingerprint density at radius 1 is 0.418 bits per heavy atom. The first-order valence-electron chi connectivity index (χ1n) is 18.8. The van der Waals surface area contributed by atoms with Crippen LogP contribution in [-0.4, -0.2) is 58.8 Å². The lowest BCUT2D eigenvalue weighted by molar-refractivity contribution is 0.669. The van der Waals surface area contributed by atoms with E-state index in [2.05, 4.69) is 153 Å². The van der Waals surface area contributed by atoms with Crippen molar-refractivity contribution >= 4 is 110 Å². The monoisotopic (exact) mass is 700 g/mol. The van der Waals surface area contributed by atoms with Gasteiger partial charge in [-0.25, -0.2) is 15.0 Å². The quantitative estimate of drug-likeness (QED) is 0.260. The highest BCUT2D eigenvalue weighted by molar-refractivity contribution is 6.68. The fraction of sp³-hybridized carbons (Fsp3) is 0. The summed E-state index contributed by atoms with van der Waals surface area (Å²) in [6, 6.07) is 48.8. The van der Waals surface area contributed by atoms with Crippen molar-refractivity contribution < 1.29 is 4.42 Å². The minimum absolute atomic E-state index is 0.614. The Balaban J connectivity index is 1.23. The summed E-state index contributed by atoms with van der Waals surface area (Å²) < 4.78 is 8.98. The molecule has 0 aliphatic heterocycles. The van der Waals surface area contributed by atoms with Crippen LogP contribution in [0.1, 0.15) is 0 Å². The lowest BCUT2D eigenvalue weighted by Crippen LogP contribution is -2.55. The van der Waals surface area contributed by atoms with Crippen LogP contribution in [0.15, 0.2) is 144 Å². The molecule has 0 saturated carbocycles. The van der Waals surface area contributed by atoms with Crippen molar-refractivity contribution in [3.8, 4) is 51.0 Å². The molecule has 0 saturated heterocycles. The summed E-state index contributed by atoms with van der Waals surface area (Å²) in [6.07, 6.45) is 0. The molecule has 10 heteroatoms. The minimum Gasteiger partial charge on any atom is -0.456 e. The molecule has 0 N–H and O–H groups in total. The maximum Gasteiger partial charge on any atom is 0.164 e. The molecule has 0 aliphatic carbocycles. The van der Waals surface area contributed by atoms with Gasteiger partial charge in [-0.1, -0.05) is 108 Å². The second-order valence-electron chi connectivity index (χ2n) is 14.6. The third-order valence-electron chi connectivity index (χ3n) is 11.7. The van der Waals surface area contributed by atoms with Crippen LogP contribution >= 0.6 is 0 Å². The lowest BCUT2D eigenvalue weighted by Gasteiger charge is -2.20. The predicted octanol–water partition coefficient (Wildman–Crippen LogP) is 2.83. The summed E-state index contributed by atoms with van der Waals surface area (Å²) in [4.78, 5) is 15.7. The summed E-state index contributed by atoms with van der Waals surface area (Å²) >= 11 is 0. The summed E-state index contributed by atoms with van der Waals surface area (Å²) in [5.41, 5.74) is 16.4. The molecule has 0 fully saturated rings. The molecule has 0 unspecified atom stereocenters. The number of hydrogen-bond acceptors (Lipinski definition) is 4. The van der Waals surface area contributed by atoms with E-state index in [9.17, 15) is 0 Å². The molecule has 7 aromatic carbocycles. The summed E-state index contributed by atoms with van der Waals surface area (Å²) in [5, 5.41) is 4.44. The fourth-order valence-electron chi connectivity index (χ4n) is 8.45. The number of aromatic nitrogens is 4. The van der Waals surface area contributed by atoms with Gasteiger partial charge >= 0.3 is 0 Å². The van der Waals surface area contributed by atoms with Crippen molar-refractivity contribution in [2.75, 3.05) is 0 Å². The van der Waals surface area contributed by atoms with Crippen molar-refractivity contribution in [2.24, 2.45) is 0 Å². The number of para-hydroxylation sites is 2. The molecule has 55 heavy (non-hydrogen) atoms. The number of nitrogens with zero attached hydrogens (tertiary/aromatic N) is 4. The van der Waals surface area contributed by atoms with Crippen molar-refractivity contribution in [1.29, 1.82) is 0 Å². The Hall–Kier alpha value is -6.53. The van der Waals surface area contributed by atoms with Gasteiger partial charge in [-0.05, 0) is 53.6 Å². The Labute approximate surface area is 323 Å². The SMILES string of the molecule is Bc1c(B)c(B)c(-c2nc(-c3ccccc3)nc(-c3cccc4oc5cccc(-c6ccc7c(c6)c6ccccc6n7-c6ccccc6)c5c34)n2)c(B)c1B. The zero-order chi connectivity index (χ0) is 37.4. The first kappa shape index (κ1) is 33.1. The van der Waals surface area contributed by atoms with Gasteiger partial charge in [-0.3, -0.25) is 0 Å². The van der Waals surface area contributed by atoms with Gasteiger partial charge in [0.1, 0.15) is 50.4 Å². The van der Waals surface area contributed by atoms with Crippen LogP contribution in [0.5, 0.6) is 0 Å². The van der Waals surface area contributed by atoms with Crippen LogP contribution in [0, 0.1) is 0 Å².